The van der Waals surface area contributed by atoms with Crippen LogP contribution in [-0.2, 0) is 0 Å². The molecule has 0 bridgehead atoms. The summed E-state index contributed by atoms with van der Waals surface area (Å²) in [5.74, 6) is 0.614. The first kappa shape index (κ1) is 14.3. The number of nitrogens with zero attached hydrogens (tertiary/aromatic N) is 2. The van der Waals surface area contributed by atoms with Crippen LogP contribution in [0.4, 0.5) is 11.4 Å². The summed E-state index contributed by atoms with van der Waals surface area (Å²) in [6.07, 6.45) is 1.00. The highest BCUT2D eigenvalue weighted by atomic mass is 127. The predicted molar refractivity (Wildman–Crippen MR) is 80.0 cm³/mol. The van der Waals surface area contributed by atoms with Crippen molar-refractivity contribution in [1.82, 2.24) is 0 Å². The molecule has 0 radical (unpaired) electrons. The van der Waals surface area contributed by atoms with Gasteiger partial charge in [0.2, 0.25) is 0 Å². The van der Waals surface area contributed by atoms with Crippen molar-refractivity contribution >= 4 is 34.0 Å². The number of benzene rings is 1. The van der Waals surface area contributed by atoms with E-state index in [2.05, 4.69) is 22.6 Å². The largest absolute Gasteiger partial charge is 0.495 e. The highest BCUT2D eigenvalue weighted by molar-refractivity contribution is 14.1. The number of nitro benzene ring substituents is 1. The van der Waals surface area contributed by atoms with Gasteiger partial charge in [0.1, 0.15) is 5.75 Å². The first-order chi connectivity index (χ1) is 9.02. The fourth-order valence-electron chi connectivity index (χ4n) is 2.19. The zero-order valence-corrected chi connectivity index (χ0v) is 12.6. The smallest absolute Gasteiger partial charge is 0.271 e. The third-order valence-electron chi connectivity index (χ3n) is 3.19. The SMILES string of the molecule is COc1ccc([N+](=O)[O-])cc1N1CCC(O)CC1I. The van der Waals surface area contributed by atoms with Crippen molar-refractivity contribution in [2.24, 2.45) is 0 Å². The van der Waals surface area contributed by atoms with Crippen molar-refractivity contribution < 1.29 is 14.8 Å². The number of aliphatic hydroxyl groups excluding tert-OH is 1. The van der Waals surface area contributed by atoms with E-state index in [-0.39, 0.29) is 15.8 Å². The van der Waals surface area contributed by atoms with Gasteiger partial charge in [-0.1, -0.05) is 22.6 Å². The van der Waals surface area contributed by atoms with Gasteiger partial charge in [0.25, 0.3) is 5.69 Å². The second-order valence-corrected chi connectivity index (χ2v) is 5.86. The Morgan fingerprint density at radius 3 is 2.89 bits per heavy atom. The molecule has 1 N–H and O–H groups in total. The van der Waals surface area contributed by atoms with E-state index in [1.54, 1.807) is 13.2 Å². The van der Waals surface area contributed by atoms with Crippen LogP contribution < -0.4 is 9.64 Å². The van der Waals surface area contributed by atoms with Gasteiger partial charge in [0.15, 0.2) is 0 Å². The lowest BCUT2D eigenvalue weighted by molar-refractivity contribution is -0.384. The van der Waals surface area contributed by atoms with Gasteiger partial charge in [-0.2, -0.15) is 0 Å². The van der Waals surface area contributed by atoms with Crippen molar-refractivity contribution in [2.45, 2.75) is 23.0 Å². The quantitative estimate of drug-likeness (QED) is 0.287. The molecule has 0 saturated carbocycles. The molecule has 104 valence electrons. The third kappa shape index (κ3) is 3.08. The van der Waals surface area contributed by atoms with E-state index in [9.17, 15) is 15.2 Å². The van der Waals surface area contributed by atoms with Crippen LogP contribution in [0.15, 0.2) is 18.2 Å². The Balaban J connectivity index is 2.36. The summed E-state index contributed by atoms with van der Waals surface area (Å²) < 4.78 is 5.37. The van der Waals surface area contributed by atoms with E-state index < -0.39 is 4.92 Å². The number of halogens is 1. The fraction of sp³-hybridized carbons (Fsp3) is 0.500. The Kier molecular flexibility index (Phi) is 4.46. The van der Waals surface area contributed by atoms with Gasteiger partial charge < -0.3 is 14.7 Å². The zero-order chi connectivity index (χ0) is 14.0. The summed E-state index contributed by atoms with van der Waals surface area (Å²) in [4.78, 5) is 12.5. The van der Waals surface area contributed by atoms with Gasteiger partial charge in [0, 0.05) is 25.1 Å². The second-order valence-electron chi connectivity index (χ2n) is 4.42. The Morgan fingerprint density at radius 1 is 1.58 bits per heavy atom. The number of hydrogen-bond donors (Lipinski definition) is 1. The summed E-state index contributed by atoms with van der Waals surface area (Å²) in [5.41, 5.74) is 0.758. The van der Waals surface area contributed by atoms with Gasteiger partial charge in [-0.25, -0.2) is 0 Å². The van der Waals surface area contributed by atoms with E-state index in [1.165, 1.54) is 12.1 Å². The lowest BCUT2D eigenvalue weighted by Crippen LogP contribution is -2.41. The minimum atomic E-state index is -0.413. The second kappa shape index (κ2) is 5.91. The Hall–Kier alpha value is -1.09. The molecule has 2 atom stereocenters. The Bertz CT molecular complexity index is 483. The molecular formula is C12H15IN2O4. The van der Waals surface area contributed by atoms with E-state index in [4.69, 9.17) is 4.74 Å². The maximum atomic E-state index is 10.9. The standard InChI is InChI=1S/C12H15IN2O4/c1-19-11-3-2-8(15(17)18)6-10(11)14-5-4-9(16)7-12(14)13/h2-3,6,9,12,16H,4-5,7H2,1H3. The number of ether oxygens (including phenoxy) is 1. The van der Waals surface area contributed by atoms with Crippen LogP contribution in [0.25, 0.3) is 0 Å². The Morgan fingerprint density at radius 2 is 2.32 bits per heavy atom. The molecule has 0 spiro atoms. The lowest BCUT2D eigenvalue weighted by atomic mass is 10.1. The number of nitro groups is 1. The molecule has 1 aliphatic heterocycles. The van der Waals surface area contributed by atoms with Crippen LogP contribution in [0.3, 0.4) is 0 Å². The molecule has 1 aromatic rings. The summed E-state index contributed by atoms with van der Waals surface area (Å²) in [7, 11) is 1.55. The van der Waals surface area contributed by atoms with Gasteiger partial charge in [-0.3, -0.25) is 10.1 Å². The highest BCUT2D eigenvalue weighted by Crippen LogP contribution is 2.37. The molecule has 1 saturated heterocycles. The lowest BCUT2D eigenvalue weighted by Gasteiger charge is -2.36. The molecule has 0 aromatic heterocycles. The van der Waals surface area contributed by atoms with Gasteiger partial charge in [0.05, 0.1) is 27.9 Å². The molecule has 0 aliphatic carbocycles. The Labute approximate surface area is 124 Å². The van der Waals surface area contributed by atoms with Crippen molar-refractivity contribution in [3.05, 3.63) is 28.3 Å². The molecular weight excluding hydrogens is 363 g/mol. The maximum absolute atomic E-state index is 10.9. The molecule has 2 unspecified atom stereocenters. The predicted octanol–water partition coefficient (Wildman–Crippen LogP) is 2.33. The van der Waals surface area contributed by atoms with E-state index >= 15 is 0 Å². The van der Waals surface area contributed by atoms with E-state index in [0.29, 0.717) is 30.8 Å². The summed E-state index contributed by atoms with van der Waals surface area (Å²) in [5, 5.41) is 20.5. The van der Waals surface area contributed by atoms with Crippen LogP contribution in [-0.4, -0.2) is 33.8 Å². The molecule has 2 rings (SSSR count). The minimum Gasteiger partial charge on any atom is -0.495 e. The minimum absolute atomic E-state index is 0.0468. The average Bonchev–Trinajstić information content (AvgIpc) is 2.38. The number of methoxy groups -OCH3 is 1. The third-order valence-corrected chi connectivity index (χ3v) is 4.37. The van der Waals surface area contributed by atoms with Crippen molar-refractivity contribution in [3.8, 4) is 5.75 Å². The molecule has 1 aromatic carbocycles. The van der Waals surface area contributed by atoms with Gasteiger partial charge >= 0.3 is 0 Å². The molecule has 1 heterocycles. The first-order valence-electron chi connectivity index (χ1n) is 5.94. The van der Waals surface area contributed by atoms with E-state index in [1.807, 2.05) is 4.90 Å². The number of hydrogen-bond acceptors (Lipinski definition) is 5. The monoisotopic (exact) mass is 378 g/mol. The fourth-order valence-corrected chi connectivity index (χ4v) is 3.35. The number of piperidine rings is 1. The normalized spacial score (nSPS) is 23.2. The van der Waals surface area contributed by atoms with Crippen molar-refractivity contribution in [2.75, 3.05) is 18.6 Å². The molecule has 0 amide bonds. The summed E-state index contributed by atoms with van der Waals surface area (Å²) >= 11 is 2.24. The number of non-ortho nitro benzene ring substituents is 1. The number of rotatable bonds is 3. The number of alkyl halides is 1. The highest BCUT2D eigenvalue weighted by Gasteiger charge is 2.28. The van der Waals surface area contributed by atoms with E-state index in [0.717, 1.165) is 0 Å². The molecule has 1 fully saturated rings. The molecule has 7 heteroatoms. The topological polar surface area (TPSA) is 75.8 Å². The number of anilines is 1. The van der Waals surface area contributed by atoms with Crippen molar-refractivity contribution in [3.63, 3.8) is 0 Å². The van der Waals surface area contributed by atoms with Crippen LogP contribution in [0.2, 0.25) is 0 Å². The molecule has 6 nitrogen and oxygen atoms in total. The number of aliphatic hydroxyl groups is 1. The maximum Gasteiger partial charge on any atom is 0.271 e. The molecule has 1 aliphatic rings. The first-order valence-corrected chi connectivity index (χ1v) is 7.18. The average molecular weight is 378 g/mol. The summed E-state index contributed by atoms with van der Waals surface area (Å²) in [6, 6.07) is 4.58. The van der Waals surface area contributed by atoms with Crippen LogP contribution in [0, 0.1) is 10.1 Å². The van der Waals surface area contributed by atoms with Crippen LogP contribution in [0.1, 0.15) is 12.8 Å². The van der Waals surface area contributed by atoms with Crippen LogP contribution in [0.5, 0.6) is 5.75 Å². The zero-order valence-electron chi connectivity index (χ0n) is 10.5. The molecule has 19 heavy (non-hydrogen) atoms. The van der Waals surface area contributed by atoms with Gasteiger partial charge in [-0.15, -0.1) is 0 Å². The summed E-state index contributed by atoms with van der Waals surface area (Å²) in [6.45, 7) is 0.659. The van der Waals surface area contributed by atoms with Crippen LogP contribution >= 0.6 is 22.6 Å². The van der Waals surface area contributed by atoms with Gasteiger partial charge in [-0.05, 0) is 12.5 Å². The van der Waals surface area contributed by atoms with Crippen molar-refractivity contribution in [1.29, 1.82) is 0 Å².